The lowest BCUT2D eigenvalue weighted by Crippen LogP contribution is -2.57. The first-order valence-corrected chi connectivity index (χ1v) is 13.1. The number of aromatic nitrogens is 4. The zero-order valence-electron chi connectivity index (χ0n) is 23.0. The van der Waals surface area contributed by atoms with Gasteiger partial charge in [0.25, 0.3) is 5.95 Å². The van der Waals surface area contributed by atoms with Crippen LogP contribution in [0.4, 0.5) is 10.2 Å². The van der Waals surface area contributed by atoms with Crippen molar-refractivity contribution in [1.82, 2.24) is 24.5 Å². The van der Waals surface area contributed by atoms with Gasteiger partial charge in [-0.2, -0.15) is 9.65 Å². The molecule has 4 aromatic heterocycles. The number of pyridine rings is 3. The minimum atomic E-state index is -0.827. The average Bonchev–Trinajstić information content (AvgIpc) is 3.30. The first-order chi connectivity index (χ1) is 19.4. The number of methoxy groups -OCH3 is 2. The van der Waals surface area contributed by atoms with Crippen LogP contribution in [0.5, 0.6) is 11.6 Å². The highest BCUT2D eigenvalue weighted by molar-refractivity contribution is 5.85. The van der Waals surface area contributed by atoms with Crippen LogP contribution in [0, 0.1) is 17.3 Å². The Hall–Kier alpha value is -4.27. The summed E-state index contributed by atoms with van der Waals surface area (Å²) in [5.41, 5.74) is 2.73. The molecule has 1 aliphatic rings. The highest BCUT2D eigenvalue weighted by Crippen LogP contribution is 2.33. The molecule has 0 radical (unpaired) electrons. The summed E-state index contributed by atoms with van der Waals surface area (Å²) in [6.07, 6.45) is 6.25. The fourth-order valence-corrected chi connectivity index (χ4v) is 5.14. The van der Waals surface area contributed by atoms with Crippen LogP contribution in [-0.2, 0) is 11.3 Å². The second-order valence-electron chi connectivity index (χ2n) is 9.91. The molecule has 208 valence electrons. The van der Waals surface area contributed by atoms with Crippen molar-refractivity contribution >= 4 is 11.3 Å². The third kappa shape index (κ3) is 5.54. The lowest BCUT2D eigenvalue weighted by molar-refractivity contribution is 0.0227. The molecule has 0 bridgehead atoms. The van der Waals surface area contributed by atoms with Gasteiger partial charge in [-0.05, 0) is 37.1 Å². The normalized spacial score (nSPS) is 16.9. The van der Waals surface area contributed by atoms with Gasteiger partial charge in [-0.15, -0.1) is 5.10 Å². The number of likely N-dealkylation sites (tertiary alicyclic amines) is 1. The number of nitriles is 1. The van der Waals surface area contributed by atoms with E-state index < -0.39 is 5.95 Å². The van der Waals surface area contributed by atoms with Crippen LogP contribution in [0.1, 0.15) is 24.5 Å². The van der Waals surface area contributed by atoms with Crippen molar-refractivity contribution in [3.63, 3.8) is 0 Å². The predicted molar refractivity (Wildman–Crippen MR) is 148 cm³/mol. The van der Waals surface area contributed by atoms with Gasteiger partial charge in [-0.1, -0.05) is 6.07 Å². The Morgan fingerprint density at radius 2 is 2.00 bits per heavy atom. The van der Waals surface area contributed by atoms with E-state index in [1.807, 2.05) is 37.5 Å². The average molecular weight is 546 g/mol. The molecule has 4 aromatic rings. The molecular formula is C29H32FN7O3. The number of anilines is 1. The Kier molecular flexibility index (Phi) is 8.09. The highest BCUT2D eigenvalue weighted by Gasteiger charge is 2.35. The number of hydrogen-bond acceptors (Lipinski definition) is 9. The lowest BCUT2D eigenvalue weighted by atomic mass is 9.93. The van der Waals surface area contributed by atoms with Crippen molar-refractivity contribution in [2.24, 2.45) is 0 Å². The maximum atomic E-state index is 14.4. The largest absolute Gasteiger partial charge is 0.490 e. The fourth-order valence-electron chi connectivity index (χ4n) is 5.14. The number of likely N-dealkylation sites (N-methyl/N-ethyl adjacent to an activating group) is 1. The van der Waals surface area contributed by atoms with Gasteiger partial charge in [0, 0.05) is 68.9 Å². The topological polar surface area (TPSA) is 101 Å². The Morgan fingerprint density at radius 1 is 1.15 bits per heavy atom. The molecular weight excluding hydrogens is 513 g/mol. The molecule has 2 atom stereocenters. The Bertz CT molecular complexity index is 1500. The molecule has 0 amide bonds. The first-order valence-electron chi connectivity index (χ1n) is 13.1. The van der Waals surface area contributed by atoms with Gasteiger partial charge in [-0.25, -0.2) is 14.5 Å². The molecule has 1 aliphatic heterocycles. The van der Waals surface area contributed by atoms with Crippen LogP contribution in [0.3, 0.4) is 0 Å². The van der Waals surface area contributed by atoms with Crippen LogP contribution in [-0.4, -0.2) is 77.6 Å². The number of fused-ring (bicyclic) bond motifs is 1. The standard InChI is InChI=1S/C29H32FN7O3/c1-19-11-22(36(19)16-20-5-8-27(39-4)33-14-20)17-35(2)26-7-6-21(15-32-26)24-12-23(40-10-9-38-3)18-37-28(24)25(13-31)29(30)34-37/h5-8,12,14-15,18-19,22H,9-11,16-17H2,1-4H3. The summed E-state index contributed by atoms with van der Waals surface area (Å²) < 4.78 is 31.8. The molecule has 0 aromatic carbocycles. The van der Waals surface area contributed by atoms with E-state index in [0.29, 0.717) is 48.0 Å². The molecule has 2 unspecified atom stereocenters. The van der Waals surface area contributed by atoms with Gasteiger partial charge in [0.2, 0.25) is 5.88 Å². The van der Waals surface area contributed by atoms with Gasteiger partial charge < -0.3 is 19.1 Å². The summed E-state index contributed by atoms with van der Waals surface area (Å²) in [6, 6.07) is 12.4. The molecule has 10 nitrogen and oxygen atoms in total. The first kappa shape index (κ1) is 27.3. The van der Waals surface area contributed by atoms with E-state index in [0.717, 1.165) is 36.5 Å². The predicted octanol–water partition coefficient (Wildman–Crippen LogP) is 3.94. The summed E-state index contributed by atoms with van der Waals surface area (Å²) in [4.78, 5) is 13.6. The summed E-state index contributed by atoms with van der Waals surface area (Å²) in [6.45, 7) is 4.61. The van der Waals surface area contributed by atoms with Gasteiger partial charge in [-0.3, -0.25) is 4.90 Å². The van der Waals surface area contributed by atoms with Gasteiger partial charge in [0.05, 0.1) is 25.4 Å². The number of rotatable bonds is 11. The zero-order chi connectivity index (χ0) is 28.2. The van der Waals surface area contributed by atoms with Crippen LogP contribution in [0.15, 0.2) is 48.9 Å². The Morgan fingerprint density at radius 3 is 2.65 bits per heavy atom. The van der Waals surface area contributed by atoms with Gasteiger partial charge >= 0.3 is 0 Å². The van der Waals surface area contributed by atoms with E-state index in [1.165, 1.54) is 4.52 Å². The van der Waals surface area contributed by atoms with E-state index in [1.54, 1.807) is 32.7 Å². The molecule has 0 saturated carbocycles. The molecule has 1 saturated heterocycles. The van der Waals surface area contributed by atoms with E-state index in [2.05, 4.69) is 32.9 Å². The van der Waals surface area contributed by atoms with E-state index >= 15 is 0 Å². The molecule has 5 heterocycles. The Labute approximate surface area is 232 Å². The quantitative estimate of drug-likeness (QED) is 0.260. The fraction of sp³-hybridized carbons (Fsp3) is 0.379. The molecule has 40 heavy (non-hydrogen) atoms. The van der Waals surface area contributed by atoms with Gasteiger partial charge in [0.1, 0.15) is 29.8 Å². The summed E-state index contributed by atoms with van der Waals surface area (Å²) >= 11 is 0. The van der Waals surface area contributed by atoms with Crippen LogP contribution in [0.25, 0.3) is 16.6 Å². The maximum Gasteiger partial charge on any atom is 0.251 e. The number of hydrogen-bond donors (Lipinski definition) is 0. The molecule has 5 rings (SSSR count). The van der Waals surface area contributed by atoms with Crippen LogP contribution >= 0.6 is 0 Å². The molecule has 11 heteroatoms. The van der Waals surface area contributed by atoms with E-state index in [-0.39, 0.29) is 5.56 Å². The third-order valence-electron chi connectivity index (χ3n) is 7.28. The smallest absolute Gasteiger partial charge is 0.251 e. The summed E-state index contributed by atoms with van der Waals surface area (Å²) in [7, 11) is 5.23. The zero-order valence-corrected chi connectivity index (χ0v) is 23.0. The minimum Gasteiger partial charge on any atom is -0.490 e. The highest BCUT2D eigenvalue weighted by atomic mass is 19.1. The van der Waals surface area contributed by atoms with Crippen LogP contribution < -0.4 is 14.4 Å². The van der Waals surface area contributed by atoms with Crippen molar-refractivity contribution in [1.29, 1.82) is 5.26 Å². The van der Waals surface area contributed by atoms with Crippen molar-refractivity contribution < 1.29 is 18.6 Å². The number of ether oxygens (including phenoxy) is 3. The summed E-state index contributed by atoms with van der Waals surface area (Å²) in [5, 5.41) is 13.5. The van der Waals surface area contributed by atoms with E-state index in [4.69, 9.17) is 19.2 Å². The third-order valence-corrected chi connectivity index (χ3v) is 7.28. The lowest BCUT2D eigenvalue weighted by Gasteiger charge is -2.48. The van der Waals surface area contributed by atoms with E-state index in [9.17, 15) is 9.65 Å². The second kappa shape index (κ2) is 11.9. The molecule has 0 spiro atoms. The SMILES string of the molecule is COCCOc1cc(-c2ccc(N(C)CC3CC(C)N3Cc3ccc(OC)nc3)nc2)c2c(C#N)c(F)nn2c1. The maximum absolute atomic E-state index is 14.4. The molecule has 0 aliphatic carbocycles. The van der Waals surface area contributed by atoms with Gasteiger partial charge in [0.15, 0.2) is 0 Å². The van der Waals surface area contributed by atoms with Crippen molar-refractivity contribution in [2.45, 2.75) is 32.0 Å². The summed E-state index contributed by atoms with van der Waals surface area (Å²) in [5.74, 6) is 1.09. The van der Waals surface area contributed by atoms with Crippen molar-refractivity contribution in [3.8, 4) is 28.8 Å². The monoisotopic (exact) mass is 545 g/mol. The molecule has 0 N–H and O–H groups in total. The van der Waals surface area contributed by atoms with Crippen LogP contribution in [0.2, 0.25) is 0 Å². The number of nitrogens with zero attached hydrogens (tertiary/aromatic N) is 7. The Balaban J connectivity index is 1.33. The van der Waals surface area contributed by atoms with Crippen molar-refractivity contribution in [2.75, 3.05) is 45.9 Å². The minimum absolute atomic E-state index is 0.120. The number of halogens is 1. The molecule has 1 fully saturated rings. The second-order valence-corrected chi connectivity index (χ2v) is 9.91. The van der Waals surface area contributed by atoms with Crippen molar-refractivity contribution in [3.05, 3.63) is 66.0 Å².